The molecule has 0 unspecified atom stereocenters. The third-order valence-electron chi connectivity index (χ3n) is 5.39. The molecule has 0 aliphatic rings. The van der Waals surface area contributed by atoms with Crippen LogP contribution in [0.25, 0.3) is 45.0 Å². The minimum Gasteiger partial charge on any atom is -0.463 e. The predicted molar refractivity (Wildman–Crippen MR) is 127 cm³/mol. The largest absolute Gasteiger partial charge is 0.463 e. The maximum absolute atomic E-state index is 11.3. The zero-order valence-electron chi connectivity index (χ0n) is 17.2. The summed E-state index contributed by atoms with van der Waals surface area (Å²) in [4.78, 5) is 16.1. The van der Waals surface area contributed by atoms with Gasteiger partial charge in [-0.15, -0.1) is 0 Å². The van der Waals surface area contributed by atoms with Gasteiger partial charge in [0, 0.05) is 11.1 Å². The number of benzene rings is 3. The molecule has 4 heteroatoms. The van der Waals surface area contributed by atoms with Gasteiger partial charge in [-0.3, -0.25) is 4.79 Å². The number of amides is 1. The summed E-state index contributed by atoms with van der Waals surface area (Å²) in [5.41, 5.74) is 12.8. The SMILES string of the molecule is NC(=O)c1ccc(-c2ccc(-c3cc(-c4ccccc4)nc(-c4ccco4)c3)cc2)cc1. The van der Waals surface area contributed by atoms with Gasteiger partial charge < -0.3 is 10.2 Å². The Hall–Kier alpha value is -4.44. The highest BCUT2D eigenvalue weighted by molar-refractivity contribution is 5.93. The van der Waals surface area contributed by atoms with Crippen molar-refractivity contribution in [1.82, 2.24) is 4.98 Å². The molecule has 0 saturated carbocycles. The number of nitrogens with two attached hydrogens (primary N) is 1. The van der Waals surface area contributed by atoms with Crippen LogP contribution >= 0.6 is 0 Å². The summed E-state index contributed by atoms with van der Waals surface area (Å²) in [5, 5.41) is 0. The Morgan fingerprint density at radius 2 is 1.22 bits per heavy atom. The van der Waals surface area contributed by atoms with E-state index < -0.39 is 5.91 Å². The number of pyridine rings is 1. The van der Waals surface area contributed by atoms with Crippen LogP contribution in [0, 0.1) is 0 Å². The van der Waals surface area contributed by atoms with Crippen molar-refractivity contribution in [3.05, 3.63) is 115 Å². The Morgan fingerprint density at radius 3 is 1.81 bits per heavy atom. The van der Waals surface area contributed by atoms with Crippen molar-refractivity contribution in [2.24, 2.45) is 5.73 Å². The highest BCUT2D eigenvalue weighted by Crippen LogP contribution is 2.31. The molecule has 0 spiro atoms. The highest BCUT2D eigenvalue weighted by atomic mass is 16.3. The number of nitrogens with zero attached hydrogens (tertiary/aromatic N) is 1. The van der Waals surface area contributed by atoms with Crippen molar-refractivity contribution < 1.29 is 9.21 Å². The lowest BCUT2D eigenvalue weighted by Crippen LogP contribution is -2.10. The van der Waals surface area contributed by atoms with E-state index in [0.717, 1.165) is 45.0 Å². The summed E-state index contributed by atoms with van der Waals surface area (Å²) in [6.07, 6.45) is 1.66. The monoisotopic (exact) mass is 416 g/mol. The van der Waals surface area contributed by atoms with E-state index in [-0.39, 0.29) is 0 Å². The number of carbonyl (C=O) groups excluding carboxylic acids is 1. The van der Waals surface area contributed by atoms with Gasteiger partial charge in [-0.1, -0.05) is 66.7 Å². The van der Waals surface area contributed by atoms with Crippen LogP contribution in [0.5, 0.6) is 0 Å². The molecule has 0 aliphatic heterocycles. The number of rotatable bonds is 5. The van der Waals surface area contributed by atoms with Crippen LogP contribution in [-0.2, 0) is 0 Å². The van der Waals surface area contributed by atoms with Crippen LogP contribution in [0.1, 0.15) is 10.4 Å². The molecule has 5 rings (SSSR count). The molecule has 32 heavy (non-hydrogen) atoms. The Kier molecular flexibility index (Phi) is 5.10. The molecule has 2 aromatic heterocycles. The van der Waals surface area contributed by atoms with E-state index in [2.05, 4.69) is 42.5 Å². The zero-order chi connectivity index (χ0) is 21.9. The normalized spacial score (nSPS) is 10.8. The Labute approximate surface area is 186 Å². The number of aromatic nitrogens is 1. The van der Waals surface area contributed by atoms with E-state index in [4.69, 9.17) is 15.1 Å². The Bertz CT molecular complexity index is 1360. The van der Waals surface area contributed by atoms with Gasteiger partial charge in [0.25, 0.3) is 0 Å². The molecule has 154 valence electrons. The molecule has 1 amide bonds. The predicted octanol–water partition coefficient (Wildman–Crippen LogP) is 6.44. The summed E-state index contributed by atoms with van der Waals surface area (Å²) in [6, 6.07) is 33.7. The fraction of sp³-hybridized carbons (Fsp3) is 0. The molecule has 0 saturated heterocycles. The lowest BCUT2D eigenvalue weighted by molar-refractivity contribution is 0.100. The van der Waals surface area contributed by atoms with Gasteiger partial charge in [0.1, 0.15) is 5.69 Å². The van der Waals surface area contributed by atoms with Crippen molar-refractivity contribution in [2.75, 3.05) is 0 Å². The molecule has 2 N–H and O–H groups in total. The second kappa shape index (κ2) is 8.36. The molecule has 5 aromatic rings. The first-order valence-electron chi connectivity index (χ1n) is 10.3. The van der Waals surface area contributed by atoms with Gasteiger partial charge in [-0.25, -0.2) is 4.98 Å². The fourth-order valence-electron chi connectivity index (χ4n) is 3.69. The zero-order valence-corrected chi connectivity index (χ0v) is 17.2. The molecule has 2 heterocycles. The molecule has 3 aromatic carbocycles. The minimum atomic E-state index is -0.425. The molecule has 0 fully saturated rings. The first kappa shape index (κ1) is 19.5. The van der Waals surface area contributed by atoms with E-state index in [1.807, 2.05) is 48.5 Å². The number of hydrogen-bond donors (Lipinski definition) is 1. The summed E-state index contributed by atoms with van der Waals surface area (Å²) in [7, 11) is 0. The fourth-order valence-corrected chi connectivity index (χ4v) is 3.69. The van der Waals surface area contributed by atoms with Crippen LogP contribution in [0.2, 0.25) is 0 Å². The van der Waals surface area contributed by atoms with E-state index in [0.29, 0.717) is 5.56 Å². The third kappa shape index (κ3) is 3.94. The first-order valence-corrected chi connectivity index (χ1v) is 10.3. The molecule has 0 bridgehead atoms. The van der Waals surface area contributed by atoms with Crippen LogP contribution in [0.15, 0.2) is 114 Å². The van der Waals surface area contributed by atoms with Crippen molar-refractivity contribution >= 4 is 5.91 Å². The summed E-state index contributed by atoms with van der Waals surface area (Å²) >= 11 is 0. The minimum absolute atomic E-state index is 0.425. The molecule has 0 radical (unpaired) electrons. The number of carbonyl (C=O) groups is 1. The summed E-state index contributed by atoms with van der Waals surface area (Å²) < 4.78 is 5.61. The van der Waals surface area contributed by atoms with Crippen LogP contribution < -0.4 is 5.73 Å². The smallest absolute Gasteiger partial charge is 0.248 e. The lowest BCUT2D eigenvalue weighted by Gasteiger charge is -2.10. The third-order valence-corrected chi connectivity index (χ3v) is 5.39. The van der Waals surface area contributed by atoms with Gasteiger partial charge in [0.05, 0.1) is 12.0 Å². The van der Waals surface area contributed by atoms with Crippen LogP contribution in [0.4, 0.5) is 0 Å². The van der Waals surface area contributed by atoms with E-state index in [9.17, 15) is 4.79 Å². The number of furan rings is 1. The van der Waals surface area contributed by atoms with Crippen molar-refractivity contribution in [3.8, 4) is 45.0 Å². The van der Waals surface area contributed by atoms with E-state index in [1.54, 1.807) is 18.4 Å². The maximum Gasteiger partial charge on any atom is 0.248 e. The van der Waals surface area contributed by atoms with Gasteiger partial charge in [0.15, 0.2) is 5.76 Å². The lowest BCUT2D eigenvalue weighted by atomic mass is 9.98. The summed E-state index contributed by atoms with van der Waals surface area (Å²) in [6.45, 7) is 0. The van der Waals surface area contributed by atoms with E-state index in [1.165, 1.54) is 0 Å². The topological polar surface area (TPSA) is 69.1 Å². The second-order valence-corrected chi connectivity index (χ2v) is 7.49. The first-order chi connectivity index (χ1) is 15.7. The van der Waals surface area contributed by atoms with Crippen molar-refractivity contribution in [2.45, 2.75) is 0 Å². The highest BCUT2D eigenvalue weighted by Gasteiger charge is 2.11. The Balaban J connectivity index is 1.53. The maximum atomic E-state index is 11.3. The average Bonchev–Trinajstić information content (AvgIpc) is 3.40. The standard InChI is InChI=1S/C28H20N2O2/c29-28(31)23-14-12-20(13-15-23)19-8-10-21(11-9-19)24-17-25(22-5-2-1-3-6-22)30-26(18-24)27-7-4-16-32-27/h1-18H,(H2,29,31). The molecule has 4 nitrogen and oxygen atoms in total. The Morgan fingerprint density at radius 1 is 0.625 bits per heavy atom. The van der Waals surface area contributed by atoms with E-state index >= 15 is 0 Å². The number of hydrogen-bond acceptors (Lipinski definition) is 3. The van der Waals surface area contributed by atoms with Gasteiger partial charge in [-0.05, 0) is 58.7 Å². The van der Waals surface area contributed by atoms with Gasteiger partial charge in [0.2, 0.25) is 5.91 Å². The molecular formula is C28H20N2O2. The molecular weight excluding hydrogens is 396 g/mol. The number of primary amides is 1. The van der Waals surface area contributed by atoms with Crippen molar-refractivity contribution in [3.63, 3.8) is 0 Å². The quantitative estimate of drug-likeness (QED) is 0.358. The van der Waals surface area contributed by atoms with Gasteiger partial charge >= 0.3 is 0 Å². The van der Waals surface area contributed by atoms with Gasteiger partial charge in [-0.2, -0.15) is 0 Å². The van der Waals surface area contributed by atoms with Crippen LogP contribution in [-0.4, -0.2) is 10.9 Å². The van der Waals surface area contributed by atoms with Crippen molar-refractivity contribution in [1.29, 1.82) is 0 Å². The summed E-state index contributed by atoms with van der Waals surface area (Å²) in [5.74, 6) is 0.307. The van der Waals surface area contributed by atoms with Crippen LogP contribution in [0.3, 0.4) is 0 Å². The molecule has 0 aliphatic carbocycles. The average molecular weight is 416 g/mol. The molecule has 0 atom stereocenters. The second-order valence-electron chi connectivity index (χ2n) is 7.49.